The third kappa shape index (κ3) is 4.79. The minimum absolute atomic E-state index is 0.0469. The fourth-order valence-corrected chi connectivity index (χ4v) is 2.93. The summed E-state index contributed by atoms with van der Waals surface area (Å²) in [5.41, 5.74) is 0.698. The van der Waals surface area contributed by atoms with Crippen molar-refractivity contribution >= 4 is 21.9 Å². The lowest BCUT2D eigenvalue weighted by Crippen LogP contribution is -2.18. The normalized spacial score (nSPS) is 11.7. The third-order valence-electron chi connectivity index (χ3n) is 3.35. The number of benzene rings is 2. The summed E-state index contributed by atoms with van der Waals surface area (Å²) in [4.78, 5) is 12.2. The van der Waals surface area contributed by atoms with Gasteiger partial charge in [0.1, 0.15) is 5.75 Å². The molecular formula is C17H19N3O5S. The van der Waals surface area contributed by atoms with Crippen LogP contribution in [0.3, 0.4) is 0 Å². The fourth-order valence-electron chi connectivity index (χ4n) is 2.12. The molecule has 0 saturated heterocycles. The van der Waals surface area contributed by atoms with Crippen LogP contribution in [0.1, 0.15) is 25.0 Å². The maximum Gasteiger partial charge on any atom is 0.276 e. The molecule has 0 heterocycles. The second kappa shape index (κ2) is 7.96. The van der Waals surface area contributed by atoms with Crippen LogP contribution in [0.5, 0.6) is 5.75 Å². The van der Waals surface area contributed by atoms with Gasteiger partial charge >= 0.3 is 0 Å². The average Bonchev–Trinajstić information content (AvgIpc) is 2.55. The Hall–Kier alpha value is -2.94. The number of nitrogens with zero attached hydrogens (tertiary/aromatic N) is 2. The van der Waals surface area contributed by atoms with Gasteiger partial charge in [-0.2, -0.15) is 13.5 Å². The van der Waals surface area contributed by atoms with Crippen LogP contribution in [0.2, 0.25) is 0 Å². The van der Waals surface area contributed by atoms with E-state index in [-0.39, 0.29) is 16.7 Å². The van der Waals surface area contributed by atoms with E-state index >= 15 is 0 Å². The maximum atomic E-state index is 12.3. The summed E-state index contributed by atoms with van der Waals surface area (Å²) in [6.45, 7) is 5.29. The van der Waals surface area contributed by atoms with Crippen molar-refractivity contribution in [3.05, 3.63) is 63.7 Å². The van der Waals surface area contributed by atoms with Crippen LogP contribution in [-0.4, -0.2) is 25.7 Å². The summed E-state index contributed by atoms with van der Waals surface area (Å²) >= 11 is 0. The van der Waals surface area contributed by atoms with Crippen LogP contribution in [0, 0.1) is 17.0 Å². The second-order valence-electron chi connectivity index (χ2n) is 5.76. The quantitative estimate of drug-likeness (QED) is 0.453. The van der Waals surface area contributed by atoms with E-state index in [0.29, 0.717) is 16.9 Å². The summed E-state index contributed by atoms with van der Waals surface area (Å²) in [6.07, 6.45) is 1.27. The maximum absolute atomic E-state index is 12.3. The van der Waals surface area contributed by atoms with E-state index in [2.05, 4.69) is 9.93 Å². The van der Waals surface area contributed by atoms with E-state index in [4.69, 9.17) is 4.74 Å². The molecule has 0 aliphatic heterocycles. The third-order valence-corrected chi connectivity index (χ3v) is 4.57. The first-order valence-electron chi connectivity index (χ1n) is 7.76. The van der Waals surface area contributed by atoms with Crippen molar-refractivity contribution in [1.29, 1.82) is 0 Å². The van der Waals surface area contributed by atoms with E-state index in [1.807, 2.05) is 13.8 Å². The van der Waals surface area contributed by atoms with Crippen LogP contribution in [0.4, 0.5) is 5.69 Å². The lowest BCUT2D eigenvalue weighted by Gasteiger charge is -2.11. The van der Waals surface area contributed by atoms with Crippen LogP contribution in [-0.2, 0) is 10.0 Å². The Bertz CT molecular complexity index is 939. The Morgan fingerprint density at radius 2 is 1.92 bits per heavy atom. The number of rotatable bonds is 7. The van der Waals surface area contributed by atoms with Crippen molar-refractivity contribution in [2.45, 2.75) is 31.8 Å². The van der Waals surface area contributed by atoms with Gasteiger partial charge in [0.15, 0.2) is 0 Å². The average molecular weight is 377 g/mol. The summed E-state index contributed by atoms with van der Waals surface area (Å²) in [5.74, 6) is 0.566. The Kier molecular flexibility index (Phi) is 5.93. The topological polar surface area (TPSA) is 111 Å². The number of nitro groups is 1. The zero-order chi connectivity index (χ0) is 19.3. The second-order valence-corrected chi connectivity index (χ2v) is 7.42. The van der Waals surface area contributed by atoms with Crippen molar-refractivity contribution < 1.29 is 18.1 Å². The highest BCUT2D eigenvalue weighted by molar-refractivity contribution is 7.89. The van der Waals surface area contributed by atoms with Crippen molar-refractivity contribution in [2.24, 2.45) is 5.10 Å². The molecule has 1 N–H and O–H groups in total. The highest BCUT2D eigenvalue weighted by Crippen LogP contribution is 2.22. The van der Waals surface area contributed by atoms with Gasteiger partial charge in [0.05, 0.1) is 22.1 Å². The lowest BCUT2D eigenvalue weighted by molar-refractivity contribution is -0.385. The van der Waals surface area contributed by atoms with Crippen molar-refractivity contribution in [3.8, 4) is 5.75 Å². The van der Waals surface area contributed by atoms with Crippen molar-refractivity contribution in [1.82, 2.24) is 4.83 Å². The van der Waals surface area contributed by atoms with E-state index < -0.39 is 14.9 Å². The molecule has 0 amide bonds. The molecule has 0 atom stereocenters. The number of hydrogen-bond donors (Lipinski definition) is 1. The largest absolute Gasteiger partial charge is 0.490 e. The number of sulfonamides is 1. The standard InChI is InChI=1S/C17H19N3O5S/c1-12(2)25-17-7-5-4-6-14(17)11-18-19-26(23,24)15-9-8-13(3)16(10-15)20(21)22/h4-12,19H,1-3H3/b18-11+. The first-order chi connectivity index (χ1) is 12.2. The first-order valence-corrected chi connectivity index (χ1v) is 9.24. The van der Waals surface area contributed by atoms with Gasteiger partial charge in [0.25, 0.3) is 15.7 Å². The molecule has 0 saturated carbocycles. The molecule has 2 aromatic rings. The zero-order valence-electron chi connectivity index (χ0n) is 14.5. The summed E-state index contributed by atoms with van der Waals surface area (Å²) in [7, 11) is -4.03. The molecule has 2 aromatic carbocycles. The van der Waals surface area contributed by atoms with Gasteiger partial charge in [0, 0.05) is 17.2 Å². The molecule has 2 rings (SSSR count). The molecule has 0 unspecified atom stereocenters. The van der Waals surface area contributed by atoms with E-state index in [1.54, 1.807) is 24.3 Å². The molecule has 0 aromatic heterocycles. The van der Waals surface area contributed by atoms with Gasteiger partial charge in [-0.25, -0.2) is 4.83 Å². The first kappa shape index (κ1) is 19.4. The summed E-state index contributed by atoms with van der Waals surface area (Å²) in [6, 6.07) is 10.7. The Labute approximate surface area is 151 Å². The van der Waals surface area contributed by atoms with E-state index in [0.717, 1.165) is 6.07 Å². The van der Waals surface area contributed by atoms with Gasteiger partial charge in [-0.3, -0.25) is 10.1 Å². The van der Waals surface area contributed by atoms with Crippen molar-refractivity contribution in [2.75, 3.05) is 0 Å². The molecule has 9 heteroatoms. The van der Waals surface area contributed by atoms with Crippen LogP contribution in [0.25, 0.3) is 0 Å². The van der Waals surface area contributed by atoms with Gasteiger partial charge < -0.3 is 4.74 Å². The highest BCUT2D eigenvalue weighted by atomic mass is 32.2. The van der Waals surface area contributed by atoms with Gasteiger partial charge in [-0.05, 0) is 39.0 Å². The Morgan fingerprint density at radius 3 is 2.58 bits per heavy atom. The molecule has 138 valence electrons. The number of nitrogens with one attached hydrogen (secondary N) is 1. The highest BCUT2D eigenvalue weighted by Gasteiger charge is 2.19. The Balaban J connectivity index is 2.22. The molecule has 0 fully saturated rings. The number of aryl methyl sites for hydroxylation is 1. The van der Waals surface area contributed by atoms with Gasteiger partial charge in [-0.15, -0.1) is 0 Å². The van der Waals surface area contributed by atoms with E-state index in [9.17, 15) is 18.5 Å². The molecule has 0 bridgehead atoms. The smallest absolute Gasteiger partial charge is 0.276 e. The molecular weight excluding hydrogens is 358 g/mol. The molecule has 26 heavy (non-hydrogen) atoms. The van der Waals surface area contributed by atoms with E-state index in [1.165, 1.54) is 25.3 Å². The molecule has 0 aliphatic carbocycles. The molecule has 0 spiro atoms. The zero-order valence-corrected chi connectivity index (χ0v) is 15.4. The minimum atomic E-state index is -4.03. The van der Waals surface area contributed by atoms with Crippen LogP contribution in [0.15, 0.2) is 52.5 Å². The lowest BCUT2D eigenvalue weighted by atomic mass is 10.2. The predicted molar refractivity (Wildman–Crippen MR) is 98.0 cm³/mol. The summed E-state index contributed by atoms with van der Waals surface area (Å²) < 4.78 is 30.2. The number of nitro benzene ring substituents is 1. The molecule has 0 radical (unpaired) electrons. The van der Waals surface area contributed by atoms with Gasteiger partial charge in [-0.1, -0.05) is 18.2 Å². The molecule has 0 aliphatic rings. The molecule has 8 nitrogen and oxygen atoms in total. The number of hydrazone groups is 1. The summed E-state index contributed by atoms with van der Waals surface area (Å²) in [5, 5.41) is 14.7. The van der Waals surface area contributed by atoms with Crippen molar-refractivity contribution in [3.63, 3.8) is 0 Å². The minimum Gasteiger partial charge on any atom is -0.490 e. The Morgan fingerprint density at radius 1 is 1.23 bits per heavy atom. The number of hydrogen-bond acceptors (Lipinski definition) is 6. The SMILES string of the molecule is Cc1ccc(S(=O)(=O)N/N=C/c2ccccc2OC(C)C)cc1[N+](=O)[O-]. The van der Waals surface area contributed by atoms with Crippen LogP contribution >= 0.6 is 0 Å². The number of ether oxygens (including phenoxy) is 1. The fraction of sp³-hybridized carbons (Fsp3) is 0.235. The van der Waals surface area contributed by atoms with Gasteiger partial charge in [0.2, 0.25) is 0 Å². The number of para-hydroxylation sites is 1. The van der Waals surface area contributed by atoms with Crippen LogP contribution < -0.4 is 9.57 Å². The monoisotopic (exact) mass is 377 g/mol. The predicted octanol–water partition coefficient (Wildman–Crippen LogP) is 3.00.